The van der Waals surface area contributed by atoms with E-state index in [9.17, 15) is 4.79 Å². The molecule has 0 amide bonds. The third-order valence-electron chi connectivity index (χ3n) is 3.63. The summed E-state index contributed by atoms with van der Waals surface area (Å²) >= 11 is 0. The minimum absolute atomic E-state index is 0.0544. The molecule has 5 heteroatoms. The van der Waals surface area contributed by atoms with Crippen molar-refractivity contribution in [2.45, 2.75) is 19.8 Å². The van der Waals surface area contributed by atoms with Gasteiger partial charge in [-0.1, -0.05) is 18.2 Å². The van der Waals surface area contributed by atoms with E-state index in [-0.39, 0.29) is 5.56 Å². The molecule has 1 aromatic carbocycles. The lowest BCUT2D eigenvalue weighted by atomic mass is 10.1. The Labute approximate surface area is 122 Å². The van der Waals surface area contributed by atoms with E-state index < -0.39 is 0 Å². The topological polar surface area (TPSA) is 73.6 Å². The van der Waals surface area contributed by atoms with E-state index >= 15 is 0 Å². The molecule has 0 atom stereocenters. The van der Waals surface area contributed by atoms with Crippen molar-refractivity contribution < 1.29 is 0 Å². The van der Waals surface area contributed by atoms with Crippen LogP contribution in [0.2, 0.25) is 0 Å². The Balaban J connectivity index is 1.63. The van der Waals surface area contributed by atoms with Crippen molar-refractivity contribution in [1.82, 2.24) is 15.2 Å². The highest BCUT2D eigenvalue weighted by molar-refractivity contribution is 5.83. The summed E-state index contributed by atoms with van der Waals surface area (Å²) in [6.45, 7) is 2.83. The molecular formula is C16H18N4O. The number of fused-ring (bicyclic) bond motifs is 1. The number of rotatable bonds is 5. The zero-order chi connectivity index (χ0) is 14.7. The first-order valence-electron chi connectivity index (χ1n) is 7.09. The van der Waals surface area contributed by atoms with Gasteiger partial charge >= 0.3 is 0 Å². The van der Waals surface area contributed by atoms with Crippen molar-refractivity contribution in [2.75, 3.05) is 11.9 Å². The Kier molecular flexibility index (Phi) is 3.73. The number of hydrogen-bond donors (Lipinski definition) is 3. The Bertz CT molecular complexity index is 803. The molecule has 0 bridgehead atoms. The zero-order valence-electron chi connectivity index (χ0n) is 11.9. The summed E-state index contributed by atoms with van der Waals surface area (Å²) in [7, 11) is 0. The van der Waals surface area contributed by atoms with Crippen molar-refractivity contribution >= 4 is 16.6 Å². The van der Waals surface area contributed by atoms with E-state index in [1.807, 2.05) is 43.5 Å². The molecular weight excluding hydrogens is 264 g/mol. The number of nitrogens with one attached hydrogen (secondary N) is 3. The van der Waals surface area contributed by atoms with E-state index in [0.717, 1.165) is 41.7 Å². The number of H-pyrrole nitrogens is 2. The highest BCUT2D eigenvalue weighted by Crippen LogP contribution is 2.13. The Morgan fingerprint density at radius 3 is 2.95 bits per heavy atom. The van der Waals surface area contributed by atoms with Crippen molar-refractivity contribution in [3.8, 4) is 0 Å². The SMILES string of the molecule is Cc1[nH]ncc1CCCNc1cc2ccccc2c(=O)[nH]1. The summed E-state index contributed by atoms with van der Waals surface area (Å²) < 4.78 is 0. The van der Waals surface area contributed by atoms with Gasteiger partial charge in [0, 0.05) is 17.6 Å². The molecule has 0 saturated carbocycles. The van der Waals surface area contributed by atoms with Gasteiger partial charge in [0.1, 0.15) is 5.82 Å². The van der Waals surface area contributed by atoms with E-state index in [4.69, 9.17) is 0 Å². The summed E-state index contributed by atoms with van der Waals surface area (Å²) in [5.41, 5.74) is 2.30. The molecule has 0 saturated heterocycles. The molecule has 0 fully saturated rings. The van der Waals surface area contributed by atoms with Crippen LogP contribution >= 0.6 is 0 Å². The van der Waals surface area contributed by atoms with Crippen LogP contribution in [-0.2, 0) is 6.42 Å². The van der Waals surface area contributed by atoms with Gasteiger partial charge in [0.15, 0.2) is 0 Å². The lowest BCUT2D eigenvalue weighted by Crippen LogP contribution is -2.12. The minimum atomic E-state index is -0.0544. The Hall–Kier alpha value is -2.56. The van der Waals surface area contributed by atoms with Crippen molar-refractivity contribution in [1.29, 1.82) is 0 Å². The third-order valence-corrected chi connectivity index (χ3v) is 3.63. The average molecular weight is 282 g/mol. The van der Waals surface area contributed by atoms with Crippen LogP contribution in [-0.4, -0.2) is 21.7 Å². The summed E-state index contributed by atoms with van der Waals surface area (Å²) in [6.07, 6.45) is 3.82. The molecule has 3 rings (SSSR count). The van der Waals surface area contributed by atoms with Gasteiger partial charge in [-0.05, 0) is 42.8 Å². The molecule has 0 aliphatic rings. The second-order valence-electron chi connectivity index (χ2n) is 5.15. The molecule has 2 aromatic heterocycles. The van der Waals surface area contributed by atoms with Gasteiger partial charge in [-0.2, -0.15) is 5.10 Å². The molecule has 21 heavy (non-hydrogen) atoms. The summed E-state index contributed by atoms with van der Waals surface area (Å²) in [5.74, 6) is 0.766. The van der Waals surface area contributed by atoms with Gasteiger partial charge in [0.2, 0.25) is 0 Å². The summed E-state index contributed by atoms with van der Waals surface area (Å²) in [6, 6.07) is 9.56. The minimum Gasteiger partial charge on any atom is -0.372 e. The van der Waals surface area contributed by atoms with Crippen molar-refractivity contribution in [2.24, 2.45) is 0 Å². The largest absolute Gasteiger partial charge is 0.372 e. The number of hydrogen-bond acceptors (Lipinski definition) is 3. The second kappa shape index (κ2) is 5.83. The van der Waals surface area contributed by atoms with Crippen LogP contribution in [0, 0.1) is 6.92 Å². The summed E-state index contributed by atoms with van der Waals surface area (Å²) in [4.78, 5) is 14.8. The van der Waals surface area contributed by atoms with Gasteiger partial charge in [0.05, 0.1) is 6.20 Å². The van der Waals surface area contributed by atoms with Crippen LogP contribution < -0.4 is 10.9 Å². The van der Waals surface area contributed by atoms with Crippen LogP contribution in [0.4, 0.5) is 5.82 Å². The number of aromatic nitrogens is 3. The van der Waals surface area contributed by atoms with Crippen molar-refractivity contribution in [3.63, 3.8) is 0 Å². The van der Waals surface area contributed by atoms with Gasteiger partial charge in [-0.3, -0.25) is 9.89 Å². The van der Waals surface area contributed by atoms with Gasteiger partial charge < -0.3 is 10.3 Å². The van der Waals surface area contributed by atoms with E-state index in [1.54, 1.807) is 0 Å². The van der Waals surface area contributed by atoms with Crippen LogP contribution in [0.15, 0.2) is 41.3 Å². The van der Waals surface area contributed by atoms with Crippen LogP contribution in [0.25, 0.3) is 10.8 Å². The fourth-order valence-electron chi connectivity index (χ4n) is 2.44. The van der Waals surface area contributed by atoms with E-state index in [0.29, 0.717) is 0 Å². The monoisotopic (exact) mass is 282 g/mol. The normalized spacial score (nSPS) is 10.9. The highest BCUT2D eigenvalue weighted by atomic mass is 16.1. The van der Waals surface area contributed by atoms with Crippen LogP contribution in [0.1, 0.15) is 17.7 Å². The van der Waals surface area contributed by atoms with Crippen LogP contribution in [0.5, 0.6) is 0 Å². The predicted molar refractivity (Wildman–Crippen MR) is 84.7 cm³/mol. The number of aryl methyl sites for hydroxylation is 2. The number of anilines is 1. The quantitative estimate of drug-likeness (QED) is 0.630. The smallest absolute Gasteiger partial charge is 0.257 e. The lowest BCUT2D eigenvalue weighted by molar-refractivity contribution is 0.853. The summed E-state index contributed by atoms with van der Waals surface area (Å²) in [5, 5.41) is 11.9. The van der Waals surface area contributed by atoms with Crippen molar-refractivity contribution in [3.05, 3.63) is 58.1 Å². The van der Waals surface area contributed by atoms with E-state index in [2.05, 4.69) is 20.5 Å². The Morgan fingerprint density at radius 2 is 2.14 bits per heavy atom. The second-order valence-corrected chi connectivity index (χ2v) is 5.15. The number of pyridine rings is 1. The third kappa shape index (κ3) is 2.97. The maximum Gasteiger partial charge on any atom is 0.257 e. The predicted octanol–water partition coefficient (Wildman–Crippen LogP) is 2.60. The molecule has 108 valence electrons. The zero-order valence-corrected chi connectivity index (χ0v) is 11.9. The molecule has 3 N–H and O–H groups in total. The first kappa shape index (κ1) is 13.4. The maximum atomic E-state index is 12.0. The number of benzene rings is 1. The number of aromatic amines is 2. The molecule has 5 nitrogen and oxygen atoms in total. The molecule has 0 unspecified atom stereocenters. The van der Waals surface area contributed by atoms with Gasteiger partial charge in [0.25, 0.3) is 5.56 Å². The molecule has 0 spiro atoms. The first-order valence-corrected chi connectivity index (χ1v) is 7.09. The average Bonchev–Trinajstić information content (AvgIpc) is 2.89. The standard InChI is InChI=1S/C16H18N4O/c1-11-13(10-18-20-11)6-4-8-17-15-9-12-5-2-3-7-14(12)16(21)19-15/h2-3,5,7,9-10H,4,6,8H2,1H3,(H,18,20)(H2,17,19,21). The maximum absolute atomic E-state index is 12.0. The van der Waals surface area contributed by atoms with Gasteiger partial charge in [-0.25, -0.2) is 0 Å². The molecule has 2 heterocycles. The molecule has 0 radical (unpaired) electrons. The molecule has 0 aliphatic carbocycles. The van der Waals surface area contributed by atoms with Gasteiger partial charge in [-0.15, -0.1) is 0 Å². The Morgan fingerprint density at radius 1 is 1.29 bits per heavy atom. The number of nitrogens with zero attached hydrogens (tertiary/aromatic N) is 1. The van der Waals surface area contributed by atoms with E-state index in [1.165, 1.54) is 5.56 Å². The lowest BCUT2D eigenvalue weighted by Gasteiger charge is -2.07. The fourth-order valence-corrected chi connectivity index (χ4v) is 2.44. The first-order chi connectivity index (χ1) is 10.2. The molecule has 0 aliphatic heterocycles. The highest BCUT2D eigenvalue weighted by Gasteiger charge is 2.02. The van der Waals surface area contributed by atoms with Crippen LogP contribution in [0.3, 0.4) is 0 Å². The fraction of sp³-hybridized carbons (Fsp3) is 0.250. The molecule has 3 aromatic rings.